The van der Waals surface area contributed by atoms with E-state index in [4.69, 9.17) is 4.74 Å². The Labute approximate surface area is 118 Å². The molecule has 1 aliphatic rings. The van der Waals surface area contributed by atoms with E-state index in [0.29, 0.717) is 24.4 Å². The average molecular weight is 276 g/mol. The van der Waals surface area contributed by atoms with Gasteiger partial charge in [-0.1, -0.05) is 13.0 Å². The minimum absolute atomic E-state index is 0.00845. The highest BCUT2D eigenvalue weighted by Gasteiger charge is 2.28. The van der Waals surface area contributed by atoms with Crippen LogP contribution in [0.4, 0.5) is 5.69 Å². The van der Waals surface area contributed by atoms with Crippen molar-refractivity contribution in [1.82, 2.24) is 5.32 Å². The minimum Gasteiger partial charge on any atom is -0.479 e. The summed E-state index contributed by atoms with van der Waals surface area (Å²) in [6, 6.07) is 5.52. The van der Waals surface area contributed by atoms with Gasteiger partial charge in [-0.15, -0.1) is 0 Å². The molecular formula is C15H20N2O3. The second kappa shape index (κ2) is 5.94. The van der Waals surface area contributed by atoms with Gasteiger partial charge >= 0.3 is 0 Å². The lowest BCUT2D eigenvalue weighted by Gasteiger charge is -2.30. The highest BCUT2D eigenvalue weighted by atomic mass is 16.5. The Kier molecular flexibility index (Phi) is 4.27. The molecule has 1 unspecified atom stereocenters. The highest BCUT2D eigenvalue weighted by molar-refractivity contribution is 5.99. The van der Waals surface area contributed by atoms with Gasteiger partial charge < -0.3 is 15.0 Å². The van der Waals surface area contributed by atoms with Crippen molar-refractivity contribution >= 4 is 17.5 Å². The molecule has 0 spiro atoms. The Balaban J connectivity index is 2.15. The van der Waals surface area contributed by atoms with Gasteiger partial charge in [0.2, 0.25) is 5.91 Å². The van der Waals surface area contributed by atoms with Crippen LogP contribution < -0.4 is 15.0 Å². The van der Waals surface area contributed by atoms with Gasteiger partial charge in [-0.05, 0) is 31.0 Å². The monoisotopic (exact) mass is 276 g/mol. The topological polar surface area (TPSA) is 58.6 Å². The van der Waals surface area contributed by atoms with Crippen LogP contribution in [0.25, 0.3) is 0 Å². The molecule has 0 fully saturated rings. The number of fused-ring (bicyclic) bond motifs is 1. The minimum atomic E-state index is -0.466. The van der Waals surface area contributed by atoms with Crippen LogP contribution in [-0.4, -0.2) is 31.5 Å². The zero-order valence-electron chi connectivity index (χ0n) is 12.1. The molecule has 108 valence electrons. The molecule has 0 aliphatic carbocycles. The first-order valence-corrected chi connectivity index (χ1v) is 6.86. The predicted octanol–water partition coefficient (Wildman–Crippen LogP) is 1.50. The summed E-state index contributed by atoms with van der Waals surface area (Å²) in [5.41, 5.74) is 1.59. The summed E-state index contributed by atoms with van der Waals surface area (Å²) >= 11 is 0. The van der Waals surface area contributed by atoms with Gasteiger partial charge in [0.05, 0.1) is 12.1 Å². The number of nitrogens with one attached hydrogen (secondary N) is 1. The Morgan fingerprint density at radius 3 is 2.90 bits per heavy atom. The predicted molar refractivity (Wildman–Crippen MR) is 76.9 cm³/mol. The summed E-state index contributed by atoms with van der Waals surface area (Å²) in [5, 5.41) is 2.84. The van der Waals surface area contributed by atoms with Gasteiger partial charge in [-0.2, -0.15) is 0 Å². The molecule has 1 aromatic rings. The SMILES string of the molecule is CCCNC(=O)Cc1ccc2c(c1)N(C)C(=O)C(C)O2. The van der Waals surface area contributed by atoms with Gasteiger partial charge in [0.25, 0.3) is 5.91 Å². The largest absolute Gasteiger partial charge is 0.479 e. The molecule has 5 nitrogen and oxygen atoms in total. The molecule has 0 aromatic heterocycles. The van der Waals surface area contributed by atoms with Crippen molar-refractivity contribution in [3.63, 3.8) is 0 Å². The van der Waals surface area contributed by atoms with Crippen LogP contribution in [0.2, 0.25) is 0 Å². The third-order valence-electron chi connectivity index (χ3n) is 3.30. The zero-order chi connectivity index (χ0) is 14.7. The molecule has 5 heteroatoms. The first kappa shape index (κ1) is 14.4. The van der Waals surface area contributed by atoms with Crippen LogP contribution in [0.1, 0.15) is 25.8 Å². The fourth-order valence-corrected chi connectivity index (χ4v) is 2.18. The van der Waals surface area contributed by atoms with Crippen molar-refractivity contribution in [2.45, 2.75) is 32.8 Å². The molecule has 0 radical (unpaired) electrons. The van der Waals surface area contributed by atoms with E-state index in [0.717, 1.165) is 12.0 Å². The summed E-state index contributed by atoms with van der Waals surface area (Å²) < 4.78 is 5.55. The Morgan fingerprint density at radius 2 is 2.20 bits per heavy atom. The maximum atomic E-state index is 11.9. The number of likely N-dealkylation sites (N-methyl/N-ethyl adjacent to an activating group) is 1. The van der Waals surface area contributed by atoms with E-state index in [2.05, 4.69) is 5.32 Å². The first-order chi connectivity index (χ1) is 9.52. The molecule has 2 amide bonds. The van der Waals surface area contributed by atoms with Gasteiger partial charge in [-0.25, -0.2) is 0 Å². The Bertz CT molecular complexity index is 528. The Hall–Kier alpha value is -2.04. The number of nitrogens with zero attached hydrogens (tertiary/aromatic N) is 1. The van der Waals surface area contributed by atoms with E-state index in [1.807, 2.05) is 25.1 Å². The fourth-order valence-electron chi connectivity index (χ4n) is 2.18. The molecule has 0 bridgehead atoms. The summed E-state index contributed by atoms with van der Waals surface area (Å²) in [5.74, 6) is 0.591. The smallest absolute Gasteiger partial charge is 0.267 e. The number of ether oxygens (including phenoxy) is 1. The van der Waals surface area contributed by atoms with Gasteiger partial charge in [0, 0.05) is 13.6 Å². The van der Waals surface area contributed by atoms with E-state index in [1.54, 1.807) is 18.9 Å². The standard InChI is InChI=1S/C15H20N2O3/c1-4-7-16-14(18)9-11-5-6-13-12(8-11)17(3)15(19)10(2)20-13/h5-6,8,10H,4,7,9H2,1-3H3,(H,16,18). The lowest BCUT2D eigenvalue weighted by molar-refractivity contribution is -0.125. The van der Waals surface area contributed by atoms with Crippen LogP contribution in [0.5, 0.6) is 5.75 Å². The van der Waals surface area contributed by atoms with E-state index >= 15 is 0 Å². The molecule has 1 aliphatic heterocycles. The van der Waals surface area contributed by atoms with Gasteiger partial charge in [0.15, 0.2) is 6.10 Å². The number of carbonyl (C=O) groups is 2. The molecule has 1 aromatic carbocycles. The van der Waals surface area contributed by atoms with Crippen LogP contribution in [0, 0.1) is 0 Å². The van der Waals surface area contributed by atoms with E-state index in [-0.39, 0.29) is 11.8 Å². The number of hydrogen-bond donors (Lipinski definition) is 1. The number of anilines is 1. The quantitative estimate of drug-likeness (QED) is 0.906. The molecule has 0 saturated carbocycles. The summed E-state index contributed by atoms with van der Waals surface area (Å²) in [6.07, 6.45) is 0.759. The third kappa shape index (κ3) is 2.92. The maximum absolute atomic E-state index is 11.9. The van der Waals surface area contributed by atoms with Crippen LogP contribution in [0.15, 0.2) is 18.2 Å². The maximum Gasteiger partial charge on any atom is 0.267 e. The lowest BCUT2D eigenvalue weighted by Crippen LogP contribution is -2.42. The number of amides is 2. The van der Waals surface area contributed by atoms with E-state index < -0.39 is 6.10 Å². The Morgan fingerprint density at radius 1 is 1.45 bits per heavy atom. The van der Waals surface area contributed by atoms with Crippen molar-refractivity contribution in [3.05, 3.63) is 23.8 Å². The summed E-state index contributed by atoms with van der Waals surface area (Å²) in [4.78, 5) is 25.2. The molecule has 1 heterocycles. The van der Waals surface area contributed by atoms with Crippen molar-refractivity contribution < 1.29 is 14.3 Å². The first-order valence-electron chi connectivity index (χ1n) is 6.86. The molecule has 0 saturated heterocycles. The van der Waals surface area contributed by atoms with Crippen molar-refractivity contribution in [2.75, 3.05) is 18.5 Å². The number of carbonyl (C=O) groups excluding carboxylic acids is 2. The molecule has 2 rings (SSSR count). The van der Waals surface area contributed by atoms with Crippen molar-refractivity contribution in [1.29, 1.82) is 0 Å². The average Bonchev–Trinajstić information content (AvgIpc) is 2.43. The van der Waals surface area contributed by atoms with E-state index in [1.165, 1.54) is 0 Å². The fraction of sp³-hybridized carbons (Fsp3) is 0.467. The van der Waals surface area contributed by atoms with Crippen LogP contribution >= 0.6 is 0 Å². The molecule has 1 atom stereocenters. The van der Waals surface area contributed by atoms with Crippen LogP contribution in [-0.2, 0) is 16.0 Å². The highest BCUT2D eigenvalue weighted by Crippen LogP contribution is 2.33. The number of hydrogen-bond acceptors (Lipinski definition) is 3. The van der Waals surface area contributed by atoms with Crippen molar-refractivity contribution in [2.24, 2.45) is 0 Å². The molecular weight excluding hydrogens is 256 g/mol. The number of benzene rings is 1. The third-order valence-corrected chi connectivity index (χ3v) is 3.30. The van der Waals surface area contributed by atoms with Gasteiger partial charge in [-0.3, -0.25) is 9.59 Å². The molecule has 20 heavy (non-hydrogen) atoms. The normalized spacial score (nSPS) is 17.4. The van der Waals surface area contributed by atoms with Crippen LogP contribution in [0.3, 0.4) is 0 Å². The summed E-state index contributed by atoms with van der Waals surface area (Å²) in [6.45, 7) is 4.43. The summed E-state index contributed by atoms with van der Waals surface area (Å²) in [7, 11) is 1.72. The zero-order valence-corrected chi connectivity index (χ0v) is 12.1. The van der Waals surface area contributed by atoms with Crippen molar-refractivity contribution in [3.8, 4) is 5.75 Å². The number of rotatable bonds is 4. The van der Waals surface area contributed by atoms with E-state index in [9.17, 15) is 9.59 Å². The second-order valence-electron chi connectivity index (χ2n) is 4.99. The molecule has 1 N–H and O–H groups in total. The lowest BCUT2D eigenvalue weighted by atomic mass is 10.1. The van der Waals surface area contributed by atoms with Gasteiger partial charge in [0.1, 0.15) is 5.75 Å². The second-order valence-corrected chi connectivity index (χ2v) is 4.99.